The minimum Gasteiger partial charge on any atom is -0.333 e. The number of rotatable bonds is 4. The van der Waals surface area contributed by atoms with Gasteiger partial charge in [0.25, 0.3) is 0 Å². The maximum atomic E-state index is 12.5. The van der Waals surface area contributed by atoms with E-state index in [1.54, 1.807) is 24.8 Å². The Hall–Kier alpha value is -1.25. The highest BCUT2D eigenvalue weighted by Crippen LogP contribution is 2.31. The van der Waals surface area contributed by atoms with Gasteiger partial charge in [0.05, 0.1) is 12.4 Å². The maximum absolute atomic E-state index is 12.5. The van der Waals surface area contributed by atoms with E-state index in [-0.39, 0.29) is 17.0 Å². The Bertz CT molecular complexity index is 718. The van der Waals surface area contributed by atoms with Crippen LogP contribution in [0.1, 0.15) is 25.3 Å². The molecule has 0 saturated heterocycles. The van der Waals surface area contributed by atoms with E-state index >= 15 is 0 Å². The number of hydrogen-bond donors (Lipinski definition) is 1. The zero-order chi connectivity index (χ0) is 14.9. The van der Waals surface area contributed by atoms with E-state index in [2.05, 4.69) is 30.6 Å². The summed E-state index contributed by atoms with van der Waals surface area (Å²) < 4.78 is 30.3. The summed E-state index contributed by atoms with van der Waals surface area (Å²) in [7, 11) is -3.57. The SMILES string of the molecule is O=S(=O)(NC1CCCC1n1ccnc1)c1cncc(Br)c1. The van der Waals surface area contributed by atoms with Crippen LogP contribution >= 0.6 is 15.9 Å². The quantitative estimate of drug-likeness (QED) is 0.893. The lowest BCUT2D eigenvalue weighted by Crippen LogP contribution is -2.38. The van der Waals surface area contributed by atoms with Gasteiger partial charge in [-0.15, -0.1) is 0 Å². The highest BCUT2D eigenvalue weighted by Gasteiger charge is 2.32. The Morgan fingerprint density at radius 3 is 2.86 bits per heavy atom. The summed E-state index contributed by atoms with van der Waals surface area (Å²) in [5, 5.41) is 0. The van der Waals surface area contributed by atoms with Crippen molar-refractivity contribution >= 4 is 26.0 Å². The molecule has 2 atom stereocenters. The number of sulfonamides is 1. The van der Waals surface area contributed by atoms with Crippen molar-refractivity contribution in [3.63, 3.8) is 0 Å². The van der Waals surface area contributed by atoms with Gasteiger partial charge in [-0.1, -0.05) is 0 Å². The lowest BCUT2D eigenvalue weighted by Gasteiger charge is -2.22. The molecule has 1 aliphatic carbocycles. The average molecular weight is 371 g/mol. The molecule has 112 valence electrons. The average Bonchev–Trinajstić information content (AvgIpc) is 3.08. The van der Waals surface area contributed by atoms with E-state index < -0.39 is 10.0 Å². The summed E-state index contributed by atoms with van der Waals surface area (Å²) in [6, 6.07) is 1.54. The van der Waals surface area contributed by atoms with Gasteiger partial charge < -0.3 is 4.57 Å². The van der Waals surface area contributed by atoms with Gasteiger partial charge in [0, 0.05) is 35.3 Å². The molecule has 6 nitrogen and oxygen atoms in total. The van der Waals surface area contributed by atoms with E-state index in [9.17, 15) is 8.42 Å². The molecule has 0 aromatic carbocycles. The Morgan fingerprint density at radius 1 is 1.29 bits per heavy atom. The fourth-order valence-electron chi connectivity index (χ4n) is 2.71. The van der Waals surface area contributed by atoms with Crippen molar-refractivity contribution < 1.29 is 8.42 Å². The van der Waals surface area contributed by atoms with Crippen LogP contribution < -0.4 is 4.72 Å². The predicted octanol–water partition coefficient (Wildman–Crippen LogP) is 2.11. The Morgan fingerprint density at radius 2 is 2.14 bits per heavy atom. The lowest BCUT2D eigenvalue weighted by atomic mass is 10.2. The van der Waals surface area contributed by atoms with Crippen LogP contribution in [0.2, 0.25) is 0 Å². The number of halogens is 1. The highest BCUT2D eigenvalue weighted by molar-refractivity contribution is 9.10. The first-order valence-electron chi connectivity index (χ1n) is 6.66. The van der Waals surface area contributed by atoms with Gasteiger partial charge in [-0.25, -0.2) is 18.1 Å². The third-order valence-electron chi connectivity index (χ3n) is 3.68. The number of nitrogens with one attached hydrogen (secondary N) is 1. The number of imidazole rings is 1. The van der Waals surface area contributed by atoms with Crippen molar-refractivity contribution in [3.05, 3.63) is 41.7 Å². The minimum absolute atomic E-state index is 0.113. The minimum atomic E-state index is -3.57. The van der Waals surface area contributed by atoms with Crippen LogP contribution in [0.5, 0.6) is 0 Å². The van der Waals surface area contributed by atoms with E-state index in [0.29, 0.717) is 4.47 Å². The molecule has 2 aromatic heterocycles. The summed E-state index contributed by atoms with van der Waals surface area (Å²) in [5.74, 6) is 0. The molecule has 1 N–H and O–H groups in total. The van der Waals surface area contributed by atoms with Crippen LogP contribution in [-0.2, 0) is 10.0 Å². The number of hydrogen-bond acceptors (Lipinski definition) is 4. The Kier molecular flexibility index (Phi) is 4.10. The fourth-order valence-corrected chi connectivity index (χ4v) is 4.51. The van der Waals surface area contributed by atoms with Crippen molar-refractivity contribution in [3.8, 4) is 0 Å². The standard InChI is InChI=1S/C13H15BrN4O2S/c14-10-6-11(8-16-7-10)21(19,20)17-12-2-1-3-13(12)18-5-4-15-9-18/h4-9,12-13,17H,1-3H2. The van der Waals surface area contributed by atoms with Crippen LogP contribution in [-0.4, -0.2) is 29.0 Å². The van der Waals surface area contributed by atoms with Crippen molar-refractivity contribution in [1.82, 2.24) is 19.3 Å². The summed E-state index contributed by atoms with van der Waals surface area (Å²) in [6.45, 7) is 0. The normalized spacial score (nSPS) is 22.5. The predicted molar refractivity (Wildman–Crippen MR) is 81.2 cm³/mol. The molecule has 0 radical (unpaired) electrons. The second kappa shape index (κ2) is 5.86. The zero-order valence-corrected chi connectivity index (χ0v) is 13.6. The largest absolute Gasteiger partial charge is 0.333 e. The zero-order valence-electron chi connectivity index (χ0n) is 11.2. The second-order valence-electron chi connectivity index (χ2n) is 5.07. The molecule has 2 aromatic rings. The third-order valence-corrected chi connectivity index (χ3v) is 5.57. The summed E-state index contributed by atoms with van der Waals surface area (Å²) in [5.41, 5.74) is 0. The summed E-state index contributed by atoms with van der Waals surface area (Å²) in [6.07, 6.45) is 11.0. The van der Waals surface area contributed by atoms with Crippen molar-refractivity contribution in [2.45, 2.75) is 36.2 Å². The van der Waals surface area contributed by atoms with Crippen LogP contribution in [0.3, 0.4) is 0 Å². The van der Waals surface area contributed by atoms with Gasteiger partial charge in [-0.05, 0) is 41.3 Å². The number of nitrogens with zero attached hydrogens (tertiary/aromatic N) is 3. The van der Waals surface area contributed by atoms with Crippen LogP contribution in [0.15, 0.2) is 46.5 Å². The summed E-state index contributed by atoms with van der Waals surface area (Å²) in [4.78, 5) is 8.12. The van der Waals surface area contributed by atoms with Crippen molar-refractivity contribution in [2.24, 2.45) is 0 Å². The van der Waals surface area contributed by atoms with Gasteiger partial charge in [-0.3, -0.25) is 4.98 Å². The second-order valence-corrected chi connectivity index (χ2v) is 7.70. The van der Waals surface area contributed by atoms with Gasteiger partial charge in [0.15, 0.2) is 0 Å². The molecule has 0 amide bonds. The Balaban J connectivity index is 1.82. The first kappa shape index (κ1) is 14.7. The molecule has 0 bridgehead atoms. The van der Waals surface area contributed by atoms with E-state index in [1.807, 2.05) is 10.8 Å². The van der Waals surface area contributed by atoms with E-state index in [1.165, 1.54) is 6.20 Å². The fraction of sp³-hybridized carbons (Fsp3) is 0.385. The topological polar surface area (TPSA) is 76.9 Å². The monoisotopic (exact) mass is 370 g/mol. The molecule has 8 heteroatoms. The molecule has 0 aliphatic heterocycles. The van der Waals surface area contributed by atoms with Gasteiger partial charge in [-0.2, -0.15) is 0 Å². The maximum Gasteiger partial charge on any atom is 0.242 e. The molecule has 2 heterocycles. The van der Waals surface area contributed by atoms with Crippen LogP contribution in [0.4, 0.5) is 0 Å². The van der Waals surface area contributed by atoms with Crippen molar-refractivity contribution in [1.29, 1.82) is 0 Å². The molecule has 1 saturated carbocycles. The van der Waals surface area contributed by atoms with Crippen LogP contribution in [0.25, 0.3) is 0 Å². The summed E-state index contributed by atoms with van der Waals surface area (Å²) >= 11 is 3.24. The molecule has 1 aliphatic rings. The highest BCUT2D eigenvalue weighted by atomic mass is 79.9. The van der Waals surface area contributed by atoms with E-state index in [0.717, 1.165) is 19.3 Å². The molecule has 3 rings (SSSR count). The Labute approximate surface area is 131 Å². The first-order valence-corrected chi connectivity index (χ1v) is 8.94. The molecule has 2 unspecified atom stereocenters. The van der Waals surface area contributed by atoms with Gasteiger partial charge in [0.1, 0.15) is 4.90 Å². The van der Waals surface area contributed by atoms with E-state index in [4.69, 9.17) is 0 Å². The lowest BCUT2D eigenvalue weighted by molar-refractivity contribution is 0.431. The number of pyridine rings is 1. The molecular formula is C13H15BrN4O2S. The molecule has 21 heavy (non-hydrogen) atoms. The molecule has 0 spiro atoms. The van der Waals surface area contributed by atoms with Gasteiger partial charge >= 0.3 is 0 Å². The first-order chi connectivity index (χ1) is 10.1. The van der Waals surface area contributed by atoms with Gasteiger partial charge in [0.2, 0.25) is 10.0 Å². The molecular weight excluding hydrogens is 356 g/mol. The van der Waals surface area contributed by atoms with Crippen molar-refractivity contribution in [2.75, 3.05) is 0 Å². The van der Waals surface area contributed by atoms with Crippen LogP contribution in [0, 0.1) is 0 Å². The molecule has 1 fully saturated rings. The smallest absolute Gasteiger partial charge is 0.242 e. The number of aromatic nitrogens is 3. The third kappa shape index (κ3) is 3.17.